The first-order valence-electron chi connectivity index (χ1n) is 8.01. The fourth-order valence-corrected chi connectivity index (χ4v) is 4.58. The molecule has 2 heterocycles. The molecule has 2 saturated heterocycles. The molecule has 136 valence electrons. The molecule has 9 heteroatoms. The number of carbonyl (C=O) groups is 2. The van der Waals surface area contributed by atoms with Crippen LogP contribution in [0.1, 0.15) is 19.3 Å². The summed E-state index contributed by atoms with van der Waals surface area (Å²) in [7, 11) is -3.71. The topological polar surface area (TPSA) is 90.0 Å². The summed E-state index contributed by atoms with van der Waals surface area (Å²) in [6, 6.07) is 5.90. The lowest BCUT2D eigenvalue weighted by molar-refractivity contribution is -0.164. The van der Waals surface area contributed by atoms with Crippen LogP contribution in [-0.2, 0) is 29.1 Å². The number of nitrogens with zero attached hydrogens (tertiary/aromatic N) is 1. The molecule has 0 aromatic heterocycles. The third-order valence-corrected chi connectivity index (χ3v) is 6.45. The van der Waals surface area contributed by atoms with Crippen molar-refractivity contribution in [2.45, 2.75) is 30.3 Å². The molecule has 0 radical (unpaired) electrons. The molecule has 0 amide bonds. The predicted molar refractivity (Wildman–Crippen MR) is 88.4 cm³/mol. The molecule has 0 saturated carbocycles. The van der Waals surface area contributed by atoms with Gasteiger partial charge in [-0.25, -0.2) is 13.2 Å². The smallest absolute Gasteiger partial charge is 0.347 e. The Bertz CT molecular complexity index is 763. The van der Waals surface area contributed by atoms with Crippen molar-refractivity contribution in [3.8, 4) is 0 Å². The molecule has 0 aliphatic carbocycles. The third kappa shape index (κ3) is 3.96. The highest BCUT2D eigenvalue weighted by molar-refractivity contribution is 7.89. The van der Waals surface area contributed by atoms with Crippen LogP contribution in [0.3, 0.4) is 0 Å². The second kappa shape index (κ2) is 7.31. The van der Waals surface area contributed by atoms with Gasteiger partial charge in [-0.05, 0) is 37.1 Å². The molecule has 0 spiro atoms. The zero-order chi connectivity index (χ0) is 18.0. The lowest BCUT2D eigenvalue weighted by Crippen LogP contribution is -2.43. The van der Waals surface area contributed by atoms with Crippen molar-refractivity contribution in [1.29, 1.82) is 0 Å². The van der Waals surface area contributed by atoms with Crippen LogP contribution in [0.2, 0.25) is 5.02 Å². The Morgan fingerprint density at radius 1 is 1.24 bits per heavy atom. The van der Waals surface area contributed by atoms with Crippen LogP contribution in [0.15, 0.2) is 29.2 Å². The Labute approximate surface area is 150 Å². The SMILES string of the molecule is O=C(O[C@H]1CCOC1=O)[C@H]1CCCN(S(=O)(=O)c2ccc(Cl)cc2)C1. The molecule has 0 N–H and O–H groups in total. The number of esters is 2. The molecule has 1 aromatic rings. The van der Waals surface area contributed by atoms with E-state index in [1.165, 1.54) is 28.6 Å². The number of sulfonamides is 1. The van der Waals surface area contributed by atoms with Crippen molar-refractivity contribution in [3.05, 3.63) is 29.3 Å². The van der Waals surface area contributed by atoms with Crippen LogP contribution >= 0.6 is 11.6 Å². The van der Waals surface area contributed by atoms with E-state index in [-0.39, 0.29) is 18.0 Å². The molecule has 0 bridgehead atoms. The van der Waals surface area contributed by atoms with E-state index in [1.54, 1.807) is 0 Å². The molecule has 1 aromatic carbocycles. The predicted octanol–water partition coefficient (Wildman–Crippen LogP) is 1.60. The Balaban J connectivity index is 1.68. The minimum Gasteiger partial charge on any atom is -0.463 e. The molecule has 0 unspecified atom stereocenters. The summed E-state index contributed by atoms with van der Waals surface area (Å²) in [5, 5.41) is 0.447. The quantitative estimate of drug-likeness (QED) is 0.729. The highest BCUT2D eigenvalue weighted by atomic mass is 35.5. The summed E-state index contributed by atoms with van der Waals surface area (Å²) >= 11 is 5.80. The van der Waals surface area contributed by atoms with Gasteiger partial charge in [0.1, 0.15) is 0 Å². The fraction of sp³-hybridized carbons (Fsp3) is 0.500. The maximum absolute atomic E-state index is 12.7. The number of rotatable bonds is 4. The van der Waals surface area contributed by atoms with Gasteiger partial charge in [-0.1, -0.05) is 11.6 Å². The Hall–Kier alpha value is -1.64. The lowest BCUT2D eigenvalue weighted by Gasteiger charge is -2.31. The molecular formula is C16H18ClNO6S. The van der Waals surface area contributed by atoms with E-state index < -0.39 is 34.0 Å². The van der Waals surface area contributed by atoms with Crippen LogP contribution in [0, 0.1) is 5.92 Å². The van der Waals surface area contributed by atoms with E-state index in [1.807, 2.05) is 0 Å². The minimum absolute atomic E-state index is 0.0333. The number of benzene rings is 1. The Kier molecular flexibility index (Phi) is 5.31. The van der Waals surface area contributed by atoms with Crippen molar-refractivity contribution in [3.63, 3.8) is 0 Å². The van der Waals surface area contributed by atoms with Crippen LogP contribution < -0.4 is 0 Å². The summed E-state index contributed by atoms with van der Waals surface area (Å²) in [6.07, 6.45) is 0.523. The fourth-order valence-electron chi connectivity index (χ4n) is 2.93. The average Bonchev–Trinajstić information content (AvgIpc) is 3.00. The van der Waals surface area contributed by atoms with Gasteiger partial charge < -0.3 is 9.47 Å². The second-order valence-corrected chi connectivity index (χ2v) is 8.41. The average molecular weight is 388 g/mol. The number of cyclic esters (lactones) is 1. The minimum atomic E-state index is -3.71. The van der Waals surface area contributed by atoms with Crippen LogP contribution in [0.4, 0.5) is 0 Å². The monoisotopic (exact) mass is 387 g/mol. The molecular weight excluding hydrogens is 370 g/mol. The first kappa shape index (κ1) is 18.2. The van der Waals surface area contributed by atoms with E-state index in [0.717, 1.165) is 0 Å². The van der Waals surface area contributed by atoms with Crippen molar-refractivity contribution in [2.24, 2.45) is 5.92 Å². The van der Waals surface area contributed by atoms with Gasteiger partial charge in [0.2, 0.25) is 16.1 Å². The van der Waals surface area contributed by atoms with Gasteiger partial charge in [0.05, 0.1) is 17.4 Å². The van der Waals surface area contributed by atoms with Crippen molar-refractivity contribution < 1.29 is 27.5 Å². The number of halogens is 1. The molecule has 2 aliphatic rings. The van der Waals surface area contributed by atoms with Crippen molar-refractivity contribution >= 4 is 33.6 Å². The molecule has 2 aliphatic heterocycles. The maximum Gasteiger partial charge on any atom is 0.347 e. The van der Waals surface area contributed by atoms with E-state index in [9.17, 15) is 18.0 Å². The first-order valence-corrected chi connectivity index (χ1v) is 9.82. The third-order valence-electron chi connectivity index (χ3n) is 4.31. The van der Waals surface area contributed by atoms with Gasteiger partial charge in [-0.15, -0.1) is 0 Å². The van der Waals surface area contributed by atoms with Crippen LogP contribution in [-0.4, -0.2) is 50.5 Å². The molecule has 25 heavy (non-hydrogen) atoms. The highest BCUT2D eigenvalue weighted by Gasteiger charge is 2.37. The Morgan fingerprint density at radius 2 is 1.96 bits per heavy atom. The van der Waals surface area contributed by atoms with Gasteiger partial charge in [-0.2, -0.15) is 4.31 Å². The summed E-state index contributed by atoms with van der Waals surface area (Å²) < 4.78 is 36.7. The zero-order valence-corrected chi connectivity index (χ0v) is 15.0. The standard InChI is InChI=1S/C16H18ClNO6S/c17-12-3-5-13(6-4-12)25(21,22)18-8-1-2-11(10-18)15(19)24-14-7-9-23-16(14)20/h3-6,11,14H,1-2,7-10H2/t11-,14-/m0/s1. The van der Waals surface area contributed by atoms with Crippen LogP contribution in [0.25, 0.3) is 0 Å². The van der Waals surface area contributed by atoms with E-state index in [0.29, 0.717) is 30.8 Å². The molecule has 2 atom stereocenters. The zero-order valence-electron chi connectivity index (χ0n) is 13.4. The largest absolute Gasteiger partial charge is 0.463 e. The Morgan fingerprint density at radius 3 is 2.60 bits per heavy atom. The number of carbonyl (C=O) groups excluding carboxylic acids is 2. The van der Waals surface area contributed by atoms with Crippen molar-refractivity contribution in [2.75, 3.05) is 19.7 Å². The van der Waals surface area contributed by atoms with E-state index in [2.05, 4.69) is 0 Å². The van der Waals surface area contributed by atoms with Gasteiger partial charge in [0.15, 0.2) is 0 Å². The normalized spacial score (nSPS) is 24.8. The maximum atomic E-state index is 12.7. The molecule has 2 fully saturated rings. The molecule has 3 rings (SSSR count). The number of piperidine rings is 1. The van der Waals surface area contributed by atoms with Crippen molar-refractivity contribution in [1.82, 2.24) is 4.31 Å². The summed E-state index contributed by atoms with van der Waals surface area (Å²) in [5.41, 5.74) is 0. The summed E-state index contributed by atoms with van der Waals surface area (Å²) in [4.78, 5) is 23.8. The lowest BCUT2D eigenvalue weighted by atomic mass is 10.00. The highest BCUT2D eigenvalue weighted by Crippen LogP contribution is 2.26. The van der Waals surface area contributed by atoms with E-state index >= 15 is 0 Å². The van der Waals surface area contributed by atoms with Gasteiger partial charge in [-0.3, -0.25) is 4.79 Å². The second-order valence-electron chi connectivity index (χ2n) is 6.04. The number of ether oxygens (including phenoxy) is 2. The summed E-state index contributed by atoms with van der Waals surface area (Å²) in [5.74, 6) is -1.70. The number of hydrogen-bond donors (Lipinski definition) is 0. The first-order chi connectivity index (χ1) is 11.9. The number of hydrogen-bond acceptors (Lipinski definition) is 6. The summed E-state index contributed by atoms with van der Waals surface area (Å²) in [6.45, 7) is 0.601. The molecule has 7 nitrogen and oxygen atoms in total. The van der Waals surface area contributed by atoms with Crippen LogP contribution in [0.5, 0.6) is 0 Å². The van der Waals surface area contributed by atoms with Gasteiger partial charge >= 0.3 is 11.9 Å². The van der Waals surface area contributed by atoms with E-state index in [4.69, 9.17) is 21.1 Å². The van der Waals surface area contributed by atoms with Gasteiger partial charge in [0.25, 0.3) is 0 Å². The van der Waals surface area contributed by atoms with Gasteiger partial charge in [0, 0.05) is 24.5 Å².